The third-order valence-electron chi connectivity index (χ3n) is 3.71. The number of anilines is 1. The highest BCUT2D eigenvalue weighted by atomic mass is 19.1. The van der Waals surface area contributed by atoms with E-state index in [-0.39, 0.29) is 5.69 Å². The Balaban J connectivity index is 1.82. The summed E-state index contributed by atoms with van der Waals surface area (Å²) in [5.41, 5.74) is 5.15. The van der Waals surface area contributed by atoms with Gasteiger partial charge in [0.05, 0.1) is 5.69 Å². The third-order valence-corrected chi connectivity index (χ3v) is 3.71. The Morgan fingerprint density at radius 3 is 2.22 bits per heavy atom. The molecule has 2 rings (SSSR count). The highest BCUT2D eigenvalue weighted by Crippen LogP contribution is 2.19. The summed E-state index contributed by atoms with van der Waals surface area (Å²) < 4.78 is 31.8. The number of hydrogen-bond donors (Lipinski definition) is 3. The van der Waals surface area contributed by atoms with E-state index in [9.17, 15) is 18.4 Å². The van der Waals surface area contributed by atoms with Gasteiger partial charge in [-0.1, -0.05) is 26.0 Å². The molecule has 2 aromatic carbocycles. The van der Waals surface area contributed by atoms with Crippen molar-refractivity contribution in [2.24, 2.45) is 0 Å². The summed E-state index contributed by atoms with van der Waals surface area (Å²) in [4.78, 5) is 23.7. The van der Waals surface area contributed by atoms with Crippen LogP contribution in [0.4, 0.5) is 19.3 Å². The minimum atomic E-state index is -0.932. The topological polar surface area (TPSA) is 79.5 Å². The average molecular weight is 377 g/mol. The Bertz CT molecular complexity index is 810. The van der Waals surface area contributed by atoms with Gasteiger partial charge < -0.3 is 10.1 Å². The number of hydrogen-bond acceptors (Lipinski definition) is 3. The Morgan fingerprint density at radius 1 is 0.963 bits per heavy atom. The molecule has 0 bridgehead atoms. The third kappa shape index (κ3) is 5.95. The van der Waals surface area contributed by atoms with E-state index >= 15 is 0 Å². The van der Waals surface area contributed by atoms with E-state index in [1.807, 2.05) is 12.1 Å². The van der Waals surface area contributed by atoms with Gasteiger partial charge in [0.15, 0.2) is 6.10 Å². The van der Waals surface area contributed by atoms with E-state index in [1.165, 1.54) is 6.92 Å². The molecule has 0 heterocycles. The molecule has 1 atom stereocenters. The van der Waals surface area contributed by atoms with Crippen LogP contribution in [0.2, 0.25) is 0 Å². The number of urea groups is 1. The van der Waals surface area contributed by atoms with Crippen LogP contribution in [0.3, 0.4) is 0 Å². The first kappa shape index (κ1) is 20.2. The Labute approximate surface area is 155 Å². The van der Waals surface area contributed by atoms with Crippen molar-refractivity contribution in [3.05, 3.63) is 59.7 Å². The number of ether oxygens (including phenoxy) is 1. The van der Waals surface area contributed by atoms with Crippen molar-refractivity contribution in [2.75, 3.05) is 5.32 Å². The maximum atomic E-state index is 13.5. The van der Waals surface area contributed by atoms with Crippen molar-refractivity contribution >= 4 is 17.6 Å². The molecule has 0 fully saturated rings. The van der Waals surface area contributed by atoms with E-state index in [2.05, 4.69) is 30.0 Å². The van der Waals surface area contributed by atoms with Gasteiger partial charge in [0.25, 0.3) is 5.91 Å². The lowest BCUT2D eigenvalue weighted by molar-refractivity contribution is -0.127. The van der Waals surface area contributed by atoms with Crippen molar-refractivity contribution in [3.63, 3.8) is 0 Å². The van der Waals surface area contributed by atoms with Crippen LogP contribution < -0.4 is 20.9 Å². The quantitative estimate of drug-likeness (QED) is 0.695. The lowest BCUT2D eigenvalue weighted by Crippen LogP contribution is -2.48. The summed E-state index contributed by atoms with van der Waals surface area (Å²) in [6, 6.07) is 9.15. The number of hydrazine groups is 1. The standard InChI is InChI=1S/C19H21F2N3O3/c1-11(2)13-4-7-15(8-5-13)27-12(3)18(25)23-24-19(26)22-17-9-6-14(20)10-16(17)21/h4-12H,1-3H3,(H,23,25)(H2,22,24,26)/t12-/m1/s1. The number of carbonyl (C=O) groups excluding carboxylic acids is 2. The predicted molar refractivity (Wildman–Crippen MR) is 97.3 cm³/mol. The molecule has 0 aromatic heterocycles. The smallest absolute Gasteiger partial charge is 0.338 e. The van der Waals surface area contributed by atoms with E-state index in [1.54, 1.807) is 12.1 Å². The van der Waals surface area contributed by atoms with Crippen LogP contribution in [-0.4, -0.2) is 18.0 Å². The summed E-state index contributed by atoms with van der Waals surface area (Å²) in [6.45, 7) is 5.66. The van der Waals surface area contributed by atoms with Gasteiger partial charge in [-0.3, -0.25) is 10.2 Å². The lowest BCUT2D eigenvalue weighted by atomic mass is 10.0. The molecule has 0 spiro atoms. The van der Waals surface area contributed by atoms with E-state index in [0.29, 0.717) is 17.7 Å². The number of carbonyl (C=O) groups is 2. The Kier molecular flexibility index (Phi) is 6.70. The molecule has 0 aliphatic carbocycles. The first-order chi connectivity index (χ1) is 12.8. The second kappa shape index (κ2) is 8.98. The van der Waals surface area contributed by atoms with Crippen LogP contribution in [-0.2, 0) is 4.79 Å². The SMILES string of the molecule is CC(C)c1ccc(O[C@H](C)C(=O)NNC(=O)Nc2ccc(F)cc2F)cc1. The minimum absolute atomic E-state index is 0.224. The summed E-state index contributed by atoms with van der Waals surface area (Å²) in [5.74, 6) is -1.40. The van der Waals surface area contributed by atoms with Crippen LogP contribution in [0.25, 0.3) is 0 Å². The molecular formula is C19H21F2N3O3. The molecule has 0 aliphatic rings. The second-order valence-corrected chi connectivity index (χ2v) is 6.18. The predicted octanol–water partition coefficient (Wildman–Crippen LogP) is 3.71. The molecule has 3 N–H and O–H groups in total. The Morgan fingerprint density at radius 2 is 1.63 bits per heavy atom. The van der Waals surface area contributed by atoms with Crippen LogP contribution in [0.5, 0.6) is 5.75 Å². The van der Waals surface area contributed by atoms with Gasteiger partial charge in [-0.15, -0.1) is 0 Å². The summed E-state index contributed by atoms with van der Waals surface area (Å²) >= 11 is 0. The first-order valence-corrected chi connectivity index (χ1v) is 8.34. The highest BCUT2D eigenvalue weighted by Gasteiger charge is 2.16. The fourth-order valence-corrected chi connectivity index (χ4v) is 2.15. The van der Waals surface area contributed by atoms with Gasteiger partial charge in [-0.2, -0.15) is 0 Å². The summed E-state index contributed by atoms with van der Waals surface area (Å²) in [7, 11) is 0. The Hall–Kier alpha value is -3.16. The maximum absolute atomic E-state index is 13.5. The molecule has 0 radical (unpaired) electrons. The summed E-state index contributed by atoms with van der Waals surface area (Å²) in [6.07, 6.45) is -0.877. The molecule has 0 saturated heterocycles. The van der Waals surface area contributed by atoms with E-state index in [0.717, 1.165) is 17.7 Å². The monoisotopic (exact) mass is 377 g/mol. The molecule has 0 saturated carbocycles. The van der Waals surface area contributed by atoms with Crippen molar-refractivity contribution in [3.8, 4) is 5.75 Å². The van der Waals surface area contributed by atoms with E-state index < -0.39 is 29.7 Å². The molecular weight excluding hydrogens is 356 g/mol. The largest absolute Gasteiger partial charge is 0.481 e. The van der Waals surface area contributed by atoms with Crippen molar-refractivity contribution in [1.82, 2.24) is 10.9 Å². The normalized spacial score (nSPS) is 11.6. The van der Waals surface area contributed by atoms with E-state index in [4.69, 9.17) is 4.74 Å². The zero-order valence-corrected chi connectivity index (χ0v) is 15.2. The van der Waals surface area contributed by atoms with Gasteiger partial charge in [0, 0.05) is 6.07 Å². The zero-order valence-electron chi connectivity index (χ0n) is 15.2. The van der Waals surface area contributed by atoms with Gasteiger partial charge in [-0.25, -0.2) is 19.0 Å². The maximum Gasteiger partial charge on any atom is 0.338 e. The molecule has 3 amide bonds. The van der Waals surface area contributed by atoms with Gasteiger partial charge in [0.1, 0.15) is 17.4 Å². The van der Waals surface area contributed by atoms with Crippen molar-refractivity contribution < 1.29 is 23.1 Å². The average Bonchev–Trinajstić information content (AvgIpc) is 2.62. The van der Waals surface area contributed by atoms with Gasteiger partial charge in [0.2, 0.25) is 0 Å². The second-order valence-electron chi connectivity index (χ2n) is 6.18. The highest BCUT2D eigenvalue weighted by molar-refractivity contribution is 5.91. The zero-order chi connectivity index (χ0) is 20.0. The number of halogens is 2. The fraction of sp³-hybridized carbons (Fsp3) is 0.263. The van der Waals surface area contributed by atoms with Gasteiger partial charge in [-0.05, 0) is 42.7 Å². The molecule has 144 valence electrons. The number of rotatable bonds is 5. The molecule has 0 aliphatic heterocycles. The summed E-state index contributed by atoms with van der Waals surface area (Å²) in [5, 5.41) is 2.15. The minimum Gasteiger partial charge on any atom is -0.481 e. The first-order valence-electron chi connectivity index (χ1n) is 8.34. The fourth-order valence-electron chi connectivity index (χ4n) is 2.15. The molecule has 27 heavy (non-hydrogen) atoms. The molecule has 8 heteroatoms. The van der Waals surface area contributed by atoms with Crippen molar-refractivity contribution in [1.29, 1.82) is 0 Å². The van der Waals surface area contributed by atoms with Crippen LogP contribution in [0.1, 0.15) is 32.3 Å². The number of amides is 3. The molecule has 6 nitrogen and oxygen atoms in total. The number of benzene rings is 2. The van der Waals surface area contributed by atoms with Crippen LogP contribution in [0, 0.1) is 11.6 Å². The number of nitrogens with one attached hydrogen (secondary N) is 3. The van der Waals surface area contributed by atoms with Gasteiger partial charge >= 0.3 is 6.03 Å². The van der Waals surface area contributed by atoms with Crippen LogP contribution in [0.15, 0.2) is 42.5 Å². The van der Waals surface area contributed by atoms with Crippen molar-refractivity contribution in [2.45, 2.75) is 32.8 Å². The lowest BCUT2D eigenvalue weighted by Gasteiger charge is -2.16. The molecule has 2 aromatic rings. The van der Waals surface area contributed by atoms with Crippen LogP contribution >= 0.6 is 0 Å². The molecule has 0 unspecified atom stereocenters.